The van der Waals surface area contributed by atoms with Gasteiger partial charge in [-0.05, 0) is 30.2 Å². The molecule has 0 saturated heterocycles. The summed E-state index contributed by atoms with van der Waals surface area (Å²) in [6, 6.07) is 1.26. The standard InChI is InChI=1S/C18H34O2Si/c1-2-3-4-13-18(19)20-21-14-17(15-9-5-6-10-15)16-11-7-8-12-16/h15-17H,2-14,21H2,1H3. The Kier molecular flexibility index (Phi) is 7.84. The molecule has 0 unspecified atom stereocenters. The number of rotatable bonds is 9. The van der Waals surface area contributed by atoms with Crippen LogP contribution in [-0.2, 0) is 9.22 Å². The zero-order valence-corrected chi connectivity index (χ0v) is 15.4. The highest BCUT2D eigenvalue weighted by Gasteiger charge is 2.33. The van der Waals surface area contributed by atoms with Crippen LogP contribution in [0.5, 0.6) is 0 Å². The molecule has 122 valence electrons. The number of unbranched alkanes of at least 4 members (excludes halogenated alkanes) is 2. The lowest BCUT2D eigenvalue weighted by Gasteiger charge is -2.29. The minimum absolute atomic E-state index is 0.0895. The smallest absolute Gasteiger partial charge is 0.292 e. The highest BCUT2D eigenvalue weighted by molar-refractivity contribution is 6.30. The van der Waals surface area contributed by atoms with E-state index in [1.807, 2.05) is 0 Å². The molecule has 0 bridgehead atoms. The maximum Gasteiger partial charge on any atom is 0.292 e. The Morgan fingerprint density at radius 2 is 1.62 bits per heavy atom. The van der Waals surface area contributed by atoms with Crippen molar-refractivity contribution in [1.82, 2.24) is 0 Å². The summed E-state index contributed by atoms with van der Waals surface area (Å²) in [6.07, 6.45) is 15.5. The van der Waals surface area contributed by atoms with Gasteiger partial charge in [-0.25, -0.2) is 0 Å². The van der Waals surface area contributed by atoms with Crippen molar-refractivity contribution >= 4 is 15.7 Å². The van der Waals surface area contributed by atoms with Gasteiger partial charge in [0.25, 0.3) is 5.97 Å². The molecule has 0 aromatic heterocycles. The van der Waals surface area contributed by atoms with Crippen molar-refractivity contribution in [2.24, 2.45) is 17.8 Å². The molecule has 2 nitrogen and oxygen atoms in total. The van der Waals surface area contributed by atoms with Crippen molar-refractivity contribution in [1.29, 1.82) is 0 Å². The lowest BCUT2D eigenvalue weighted by molar-refractivity contribution is -0.134. The fraction of sp³-hybridized carbons (Fsp3) is 0.944. The van der Waals surface area contributed by atoms with Crippen molar-refractivity contribution in [2.75, 3.05) is 0 Å². The molecule has 2 saturated carbocycles. The number of carbonyl (C=O) groups excluding carboxylic acids is 1. The molecule has 0 radical (unpaired) electrons. The average Bonchev–Trinajstić information content (AvgIpc) is 3.17. The van der Waals surface area contributed by atoms with E-state index >= 15 is 0 Å². The fourth-order valence-electron chi connectivity index (χ4n) is 4.53. The van der Waals surface area contributed by atoms with Gasteiger partial charge < -0.3 is 4.43 Å². The summed E-state index contributed by atoms with van der Waals surface area (Å²) in [7, 11) is -0.635. The number of hydrogen-bond acceptors (Lipinski definition) is 2. The second-order valence-electron chi connectivity index (χ2n) is 7.22. The first-order chi connectivity index (χ1) is 10.3. The molecule has 0 spiro atoms. The maximum atomic E-state index is 11.8. The fourth-order valence-corrected chi connectivity index (χ4v) is 6.23. The second kappa shape index (κ2) is 9.65. The summed E-state index contributed by atoms with van der Waals surface area (Å²) in [6.45, 7) is 2.17. The van der Waals surface area contributed by atoms with E-state index in [1.165, 1.54) is 63.8 Å². The van der Waals surface area contributed by atoms with Crippen LogP contribution in [0, 0.1) is 17.8 Å². The summed E-state index contributed by atoms with van der Waals surface area (Å²) >= 11 is 0. The van der Waals surface area contributed by atoms with Gasteiger partial charge in [0.2, 0.25) is 9.76 Å². The topological polar surface area (TPSA) is 26.3 Å². The Bertz CT molecular complexity index is 278. The van der Waals surface area contributed by atoms with Crippen LogP contribution in [0.4, 0.5) is 0 Å². The van der Waals surface area contributed by atoms with Crippen molar-refractivity contribution in [3.8, 4) is 0 Å². The van der Waals surface area contributed by atoms with E-state index < -0.39 is 9.76 Å². The molecule has 0 aromatic rings. The Morgan fingerprint density at radius 3 is 2.14 bits per heavy atom. The molecule has 0 atom stereocenters. The summed E-state index contributed by atoms with van der Waals surface area (Å²) in [5.41, 5.74) is 0. The summed E-state index contributed by atoms with van der Waals surface area (Å²) < 4.78 is 5.64. The maximum absolute atomic E-state index is 11.8. The van der Waals surface area contributed by atoms with E-state index in [1.54, 1.807) is 0 Å². The van der Waals surface area contributed by atoms with E-state index in [9.17, 15) is 4.79 Å². The average molecular weight is 311 g/mol. The third-order valence-corrected chi connectivity index (χ3v) is 7.14. The van der Waals surface area contributed by atoms with E-state index in [0.717, 1.165) is 30.6 Å². The van der Waals surface area contributed by atoms with Crippen molar-refractivity contribution in [3.63, 3.8) is 0 Å². The highest BCUT2D eigenvalue weighted by Crippen LogP contribution is 2.43. The largest absolute Gasteiger partial charge is 0.525 e. The van der Waals surface area contributed by atoms with Crippen LogP contribution in [-0.4, -0.2) is 15.7 Å². The van der Waals surface area contributed by atoms with Crippen LogP contribution in [0.2, 0.25) is 6.04 Å². The van der Waals surface area contributed by atoms with Gasteiger partial charge in [0.05, 0.1) is 0 Å². The van der Waals surface area contributed by atoms with Crippen LogP contribution in [0.3, 0.4) is 0 Å². The van der Waals surface area contributed by atoms with Gasteiger partial charge in [0.1, 0.15) is 0 Å². The molecule has 3 heteroatoms. The quantitative estimate of drug-likeness (QED) is 0.459. The van der Waals surface area contributed by atoms with Crippen molar-refractivity contribution < 1.29 is 9.22 Å². The first-order valence-electron chi connectivity index (χ1n) is 9.47. The van der Waals surface area contributed by atoms with Gasteiger partial charge in [0.15, 0.2) is 0 Å². The van der Waals surface area contributed by atoms with Crippen molar-refractivity contribution in [2.45, 2.75) is 90.0 Å². The molecular formula is C18H34O2Si. The van der Waals surface area contributed by atoms with Gasteiger partial charge in [-0.3, -0.25) is 4.79 Å². The molecule has 2 aliphatic carbocycles. The van der Waals surface area contributed by atoms with Crippen LogP contribution in [0.15, 0.2) is 0 Å². The molecule has 2 rings (SSSR count). The van der Waals surface area contributed by atoms with E-state index in [-0.39, 0.29) is 5.97 Å². The molecule has 0 aromatic carbocycles. The molecular weight excluding hydrogens is 276 g/mol. The number of hydrogen-bond donors (Lipinski definition) is 0. The van der Waals surface area contributed by atoms with Crippen LogP contribution in [0.25, 0.3) is 0 Å². The predicted molar refractivity (Wildman–Crippen MR) is 91.0 cm³/mol. The van der Waals surface area contributed by atoms with Gasteiger partial charge >= 0.3 is 0 Å². The van der Waals surface area contributed by atoms with E-state index in [0.29, 0.717) is 6.42 Å². The summed E-state index contributed by atoms with van der Waals surface area (Å²) in [5.74, 6) is 2.90. The second-order valence-corrected chi connectivity index (χ2v) is 8.49. The van der Waals surface area contributed by atoms with Gasteiger partial charge in [-0.15, -0.1) is 0 Å². The summed E-state index contributed by atoms with van der Waals surface area (Å²) in [5, 5.41) is 0. The third-order valence-electron chi connectivity index (χ3n) is 5.71. The SMILES string of the molecule is CCCCCC(=O)O[SiH2]CC(C1CCCC1)C1CCCC1. The Hall–Kier alpha value is -0.313. The predicted octanol–water partition coefficient (Wildman–Crippen LogP) is 4.61. The molecule has 0 N–H and O–H groups in total. The van der Waals surface area contributed by atoms with Gasteiger partial charge in [-0.2, -0.15) is 0 Å². The van der Waals surface area contributed by atoms with E-state index in [4.69, 9.17) is 4.43 Å². The molecule has 2 fully saturated rings. The van der Waals surface area contributed by atoms with Gasteiger partial charge in [0, 0.05) is 6.42 Å². The minimum atomic E-state index is -0.635. The van der Waals surface area contributed by atoms with Crippen LogP contribution in [0.1, 0.15) is 84.0 Å². The number of carbonyl (C=O) groups is 1. The van der Waals surface area contributed by atoms with Crippen LogP contribution < -0.4 is 0 Å². The van der Waals surface area contributed by atoms with Crippen molar-refractivity contribution in [3.05, 3.63) is 0 Å². The first-order valence-corrected chi connectivity index (χ1v) is 11.0. The lowest BCUT2D eigenvalue weighted by Crippen LogP contribution is -2.23. The summed E-state index contributed by atoms with van der Waals surface area (Å²) in [4.78, 5) is 11.8. The minimum Gasteiger partial charge on any atom is -0.525 e. The first kappa shape index (κ1) is 17.0. The molecule has 0 aliphatic heterocycles. The van der Waals surface area contributed by atoms with Gasteiger partial charge in [-0.1, -0.05) is 71.1 Å². The monoisotopic (exact) mass is 310 g/mol. The third kappa shape index (κ3) is 5.76. The molecule has 21 heavy (non-hydrogen) atoms. The highest BCUT2D eigenvalue weighted by atomic mass is 28.2. The molecule has 0 amide bonds. The Morgan fingerprint density at radius 1 is 1.05 bits per heavy atom. The normalized spacial score (nSPS) is 21.0. The molecule has 0 heterocycles. The Labute approximate surface area is 133 Å². The Balaban J connectivity index is 1.70. The molecule has 2 aliphatic rings. The zero-order chi connectivity index (χ0) is 14.9. The van der Waals surface area contributed by atoms with E-state index in [2.05, 4.69) is 6.92 Å². The zero-order valence-electron chi connectivity index (χ0n) is 13.9. The lowest BCUT2D eigenvalue weighted by atomic mass is 9.81. The van der Waals surface area contributed by atoms with Crippen LogP contribution >= 0.6 is 0 Å².